The molecule has 2 aromatic carbocycles. The van der Waals surface area contributed by atoms with Crippen molar-refractivity contribution in [2.45, 2.75) is 18.9 Å². The van der Waals surface area contributed by atoms with Crippen LogP contribution in [0.15, 0.2) is 36.4 Å². The number of ketones is 1. The van der Waals surface area contributed by atoms with Crippen molar-refractivity contribution in [2.24, 2.45) is 0 Å². The number of nitrogens with two attached hydrogens (primary N) is 1. The Morgan fingerprint density at radius 2 is 1.62 bits per heavy atom. The standard InChI is InChI=1S/C30H38N6O6/c1-39-21-8-6-20(7-9-21)36-18-22(25-26(30(36)38)32-33-29(25)31)23(37)11-12-34-13-15-35(16-14-34)17-19-5-10-24(40-2)28(42-4)27(19)41-3/h5-10,22H,11-18H2,1-4H3,(H3,31,32,33). The summed E-state index contributed by atoms with van der Waals surface area (Å²) in [6.45, 7) is 4.94. The lowest BCUT2D eigenvalue weighted by Gasteiger charge is -2.35. The van der Waals surface area contributed by atoms with Gasteiger partial charge < -0.3 is 34.5 Å². The monoisotopic (exact) mass is 578 g/mol. The highest BCUT2D eigenvalue weighted by Gasteiger charge is 2.39. The summed E-state index contributed by atoms with van der Waals surface area (Å²) < 4.78 is 21.8. The van der Waals surface area contributed by atoms with Crippen LogP contribution in [0.2, 0.25) is 0 Å². The summed E-state index contributed by atoms with van der Waals surface area (Å²) in [5, 5.41) is 6.81. The Kier molecular flexibility index (Phi) is 8.83. The summed E-state index contributed by atoms with van der Waals surface area (Å²) in [6, 6.07) is 11.1. The molecule has 0 bridgehead atoms. The van der Waals surface area contributed by atoms with Crippen molar-refractivity contribution in [3.05, 3.63) is 53.2 Å². The number of piperazine rings is 1. The molecule has 1 aromatic heterocycles. The molecular formula is C30H38N6O6. The van der Waals surface area contributed by atoms with Crippen LogP contribution in [0.4, 0.5) is 11.5 Å². The molecule has 3 N–H and O–H groups in total. The van der Waals surface area contributed by atoms with E-state index in [4.69, 9.17) is 24.7 Å². The third-order valence-electron chi connectivity index (χ3n) is 8.10. The summed E-state index contributed by atoms with van der Waals surface area (Å²) in [5.74, 6) is 2.00. The van der Waals surface area contributed by atoms with Gasteiger partial charge in [0.05, 0.1) is 34.4 Å². The minimum Gasteiger partial charge on any atom is -0.497 e. The second-order valence-corrected chi connectivity index (χ2v) is 10.4. The molecule has 0 spiro atoms. The molecule has 12 nitrogen and oxygen atoms in total. The normalized spacial score (nSPS) is 17.6. The molecule has 2 aliphatic heterocycles. The first-order valence-electron chi connectivity index (χ1n) is 13.9. The van der Waals surface area contributed by atoms with Crippen LogP contribution in [0.5, 0.6) is 23.0 Å². The number of benzene rings is 2. The molecule has 1 amide bonds. The van der Waals surface area contributed by atoms with Crippen molar-refractivity contribution >= 4 is 23.2 Å². The van der Waals surface area contributed by atoms with E-state index in [9.17, 15) is 9.59 Å². The number of anilines is 2. The number of rotatable bonds is 11. The Labute approximate surface area is 245 Å². The summed E-state index contributed by atoms with van der Waals surface area (Å²) >= 11 is 0. The Bertz CT molecular complexity index is 1420. The van der Waals surface area contributed by atoms with Gasteiger partial charge in [-0.05, 0) is 30.3 Å². The van der Waals surface area contributed by atoms with Crippen molar-refractivity contribution in [2.75, 3.05) is 78.3 Å². The van der Waals surface area contributed by atoms with Crippen LogP contribution < -0.4 is 29.6 Å². The van der Waals surface area contributed by atoms with Gasteiger partial charge >= 0.3 is 0 Å². The summed E-state index contributed by atoms with van der Waals surface area (Å²) in [7, 11) is 6.43. The van der Waals surface area contributed by atoms with Gasteiger partial charge in [-0.1, -0.05) is 6.07 Å². The number of ether oxygens (including phenoxy) is 4. The number of methoxy groups -OCH3 is 4. The van der Waals surface area contributed by atoms with Crippen LogP contribution >= 0.6 is 0 Å². The molecule has 1 unspecified atom stereocenters. The first kappa shape index (κ1) is 29.2. The van der Waals surface area contributed by atoms with Crippen LogP contribution in [0.1, 0.15) is 34.0 Å². The van der Waals surface area contributed by atoms with Gasteiger partial charge in [0.25, 0.3) is 5.91 Å². The third kappa shape index (κ3) is 5.72. The van der Waals surface area contributed by atoms with Crippen molar-refractivity contribution in [1.82, 2.24) is 20.0 Å². The molecule has 224 valence electrons. The number of nitrogens with one attached hydrogen (secondary N) is 1. The predicted molar refractivity (Wildman–Crippen MR) is 158 cm³/mol. The molecule has 2 aliphatic rings. The maximum Gasteiger partial charge on any atom is 0.276 e. The van der Waals surface area contributed by atoms with Gasteiger partial charge in [-0.15, -0.1) is 0 Å². The predicted octanol–water partition coefficient (Wildman–Crippen LogP) is 2.55. The number of carbonyl (C=O) groups is 2. The van der Waals surface area contributed by atoms with Gasteiger partial charge in [-0.2, -0.15) is 5.10 Å². The Balaban J connectivity index is 1.20. The minimum atomic E-state index is -0.558. The number of hydrogen-bond donors (Lipinski definition) is 2. The maximum atomic E-state index is 13.6. The molecule has 0 radical (unpaired) electrons. The first-order chi connectivity index (χ1) is 20.4. The third-order valence-corrected chi connectivity index (χ3v) is 8.10. The zero-order chi connectivity index (χ0) is 29.8. The molecule has 3 aromatic rings. The van der Waals surface area contributed by atoms with Crippen LogP contribution in [-0.2, 0) is 11.3 Å². The minimum absolute atomic E-state index is 0.0351. The first-order valence-corrected chi connectivity index (χ1v) is 13.9. The highest BCUT2D eigenvalue weighted by atomic mass is 16.5. The number of aromatic nitrogens is 2. The van der Waals surface area contributed by atoms with Gasteiger partial charge in [-0.3, -0.25) is 19.6 Å². The molecular weight excluding hydrogens is 540 g/mol. The highest BCUT2D eigenvalue weighted by Crippen LogP contribution is 2.40. The van der Waals surface area contributed by atoms with Crippen LogP contribution in [0.3, 0.4) is 0 Å². The van der Waals surface area contributed by atoms with E-state index in [0.29, 0.717) is 47.2 Å². The van der Waals surface area contributed by atoms with Gasteiger partial charge in [0.15, 0.2) is 11.5 Å². The number of H-pyrrole nitrogens is 1. The lowest BCUT2D eigenvalue weighted by molar-refractivity contribution is -0.120. The summed E-state index contributed by atoms with van der Waals surface area (Å²) in [6.07, 6.45) is 0.350. The van der Waals surface area contributed by atoms with E-state index in [-0.39, 0.29) is 29.7 Å². The number of hydrogen-bond acceptors (Lipinski definition) is 10. The van der Waals surface area contributed by atoms with Gasteiger partial charge in [0, 0.05) is 69.0 Å². The molecule has 0 saturated carbocycles. The van der Waals surface area contributed by atoms with Crippen molar-refractivity contribution in [1.29, 1.82) is 0 Å². The lowest BCUT2D eigenvalue weighted by Crippen LogP contribution is -2.47. The second kappa shape index (κ2) is 12.7. The van der Waals surface area contributed by atoms with Gasteiger partial charge in [0.2, 0.25) is 5.75 Å². The fourth-order valence-corrected chi connectivity index (χ4v) is 5.76. The van der Waals surface area contributed by atoms with E-state index in [2.05, 4.69) is 20.0 Å². The number of fused-ring (bicyclic) bond motifs is 1. The number of amides is 1. The van der Waals surface area contributed by atoms with Crippen molar-refractivity contribution in [3.63, 3.8) is 0 Å². The van der Waals surface area contributed by atoms with E-state index in [1.54, 1.807) is 57.6 Å². The second-order valence-electron chi connectivity index (χ2n) is 10.4. The lowest BCUT2D eigenvalue weighted by atomic mass is 9.88. The average Bonchev–Trinajstić information content (AvgIpc) is 3.42. The Morgan fingerprint density at radius 3 is 2.26 bits per heavy atom. The van der Waals surface area contributed by atoms with E-state index < -0.39 is 5.92 Å². The van der Waals surface area contributed by atoms with E-state index in [0.717, 1.165) is 38.3 Å². The fourth-order valence-electron chi connectivity index (χ4n) is 5.76. The Morgan fingerprint density at radius 1 is 0.929 bits per heavy atom. The molecule has 1 fully saturated rings. The smallest absolute Gasteiger partial charge is 0.276 e. The average molecular weight is 579 g/mol. The molecule has 5 rings (SSSR count). The highest BCUT2D eigenvalue weighted by molar-refractivity contribution is 6.10. The molecule has 1 saturated heterocycles. The van der Waals surface area contributed by atoms with Crippen LogP contribution in [-0.4, -0.2) is 99.4 Å². The fraction of sp³-hybridized carbons (Fsp3) is 0.433. The maximum absolute atomic E-state index is 13.6. The van der Waals surface area contributed by atoms with Crippen molar-refractivity contribution in [3.8, 4) is 23.0 Å². The molecule has 42 heavy (non-hydrogen) atoms. The zero-order valence-electron chi connectivity index (χ0n) is 24.5. The number of aromatic amines is 1. The number of nitrogen functional groups attached to an aromatic ring is 1. The number of nitrogens with zero attached hydrogens (tertiary/aromatic N) is 4. The number of Topliss-reactive ketones (excluding diaryl/α,β-unsaturated/α-hetero) is 1. The SMILES string of the molecule is COc1ccc(N2CC(C(=O)CCN3CCN(Cc4ccc(OC)c(OC)c4OC)CC3)c3c(N)n[nH]c3C2=O)cc1. The van der Waals surface area contributed by atoms with Crippen LogP contribution in [0.25, 0.3) is 0 Å². The van der Waals surface area contributed by atoms with E-state index in [1.165, 1.54) is 0 Å². The summed E-state index contributed by atoms with van der Waals surface area (Å²) in [5.41, 5.74) is 8.61. The quantitative estimate of drug-likeness (QED) is 0.349. The topological polar surface area (TPSA) is 135 Å². The Hall–Kier alpha value is -4.29. The molecule has 12 heteroatoms. The van der Waals surface area contributed by atoms with Crippen molar-refractivity contribution < 1.29 is 28.5 Å². The molecule has 3 heterocycles. The van der Waals surface area contributed by atoms with Crippen LogP contribution in [0, 0.1) is 0 Å². The van der Waals surface area contributed by atoms with E-state index >= 15 is 0 Å². The molecule has 1 atom stereocenters. The van der Waals surface area contributed by atoms with E-state index in [1.807, 2.05) is 12.1 Å². The van der Waals surface area contributed by atoms with Gasteiger partial charge in [-0.25, -0.2) is 0 Å². The summed E-state index contributed by atoms with van der Waals surface area (Å²) in [4.78, 5) is 33.1. The largest absolute Gasteiger partial charge is 0.497 e. The number of carbonyl (C=O) groups excluding carboxylic acids is 2. The van der Waals surface area contributed by atoms with Gasteiger partial charge in [0.1, 0.15) is 23.0 Å². The zero-order valence-corrected chi connectivity index (χ0v) is 24.5. The molecule has 0 aliphatic carbocycles.